The van der Waals surface area contributed by atoms with Gasteiger partial charge in [0, 0.05) is 30.3 Å². The van der Waals surface area contributed by atoms with Gasteiger partial charge < -0.3 is 4.90 Å². The molecule has 36 heavy (non-hydrogen) atoms. The van der Waals surface area contributed by atoms with Crippen molar-refractivity contribution in [2.24, 2.45) is 5.92 Å². The van der Waals surface area contributed by atoms with E-state index in [-0.39, 0.29) is 24.0 Å². The minimum Gasteiger partial charge on any atom is -0.366 e. The van der Waals surface area contributed by atoms with Gasteiger partial charge in [0.05, 0.1) is 18.4 Å². The van der Waals surface area contributed by atoms with Crippen molar-refractivity contribution < 1.29 is 4.79 Å². The van der Waals surface area contributed by atoms with Crippen LogP contribution in [0.15, 0.2) is 127 Å². The number of hydrogen-bond donors (Lipinski definition) is 0. The molecule has 176 valence electrons. The van der Waals surface area contributed by atoms with E-state index in [2.05, 4.69) is 47.4 Å². The van der Waals surface area contributed by atoms with Gasteiger partial charge in [-0.15, -0.1) is 0 Å². The highest BCUT2D eigenvalue weighted by Gasteiger charge is 2.40. The molecule has 5 rings (SSSR count). The van der Waals surface area contributed by atoms with Gasteiger partial charge >= 0.3 is 0 Å². The van der Waals surface area contributed by atoms with Crippen LogP contribution in [-0.2, 0) is 6.54 Å². The molecule has 0 aromatic heterocycles. The second kappa shape index (κ2) is 10.9. The number of allylic oxidation sites excluding steroid dienone is 1. The summed E-state index contributed by atoms with van der Waals surface area (Å²) in [6.45, 7) is 1.24. The molecule has 3 heteroatoms. The molecule has 3 nitrogen and oxygen atoms in total. The Hall–Kier alpha value is -4.42. The molecule has 4 aromatic carbocycles. The average molecular weight is 469 g/mol. The molecule has 4 aromatic rings. The number of benzene rings is 4. The summed E-state index contributed by atoms with van der Waals surface area (Å²) in [5.41, 5.74) is 6.10. The molecule has 0 fully saturated rings. The Balaban J connectivity index is 1.72. The van der Waals surface area contributed by atoms with Crippen molar-refractivity contribution >= 4 is 11.5 Å². The van der Waals surface area contributed by atoms with Crippen molar-refractivity contribution in [1.82, 2.24) is 4.90 Å². The van der Waals surface area contributed by atoms with Crippen molar-refractivity contribution in [2.45, 2.75) is 18.9 Å². The summed E-state index contributed by atoms with van der Waals surface area (Å²) in [6, 6.07) is 42.8. The molecule has 0 spiro atoms. The average Bonchev–Trinajstić information content (AvgIpc) is 2.94. The molecular formula is C33H28N2O. The van der Waals surface area contributed by atoms with E-state index in [1.54, 1.807) is 0 Å². The fraction of sp³-hybridized carbons (Fsp3) is 0.152. The smallest absolute Gasteiger partial charge is 0.168 e. The van der Waals surface area contributed by atoms with Crippen molar-refractivity contribution in [3.05, 3.63) is 149 Å². The molecule has 2 atom stereocenters. The topological polar surface area (TPSA) is 44.1 Å². The van der Waals surface area contributed by atoms with Gasteiger partial charge in [0.2, 0.25) is 0 Å². The first-order chi connectivity index (χ1) is 17.8. The summed E-state index contributed by atoms with van der Waals surface area (Å²) in [5, 5.41) is 9.98. The number of nitriles is 1. The fourth-order valence-corrected chi connectivity index (χ4v) is 5.36. The predicted molar refractivity (Wildman–Crippen MR) is 144 cm³/mol. The van der Waals surface area contributed by atoms with E-state index >= 15 is 0 Å². The third kappa shape index (κ3) is 4.85. The van der Waals surface area contributed by atoms with E-state index in [0.717, 1.165) is 22.4 Å². The summed E-state index contributed by atoms with van der Waals surface area (Å²) < 4.78 is 0. The third-order valence-corrected chi connectivity index (χ3v) is 6.90. The molecule has 0 unspecified atom stereocenters. The van der Waals surface area contributed by atoms with Crippen LogP contribution in [0.25, 0.3) is 5.70 Å². The number of ketones is 1. The Bertz CT molecular complexity index is 1370. The minimum atomic E-state index is -0.311. The third-order valence-electron chi connectivity index (χ3n) is 6.90. The monoisotopic (exact) mass is 468 g/mol. The van der Waals surface area contributed by atoms with E-state index in [1.807, 2.05) is 84.9 Å². The fourth-order valence-electron chi connectivity index (χ4n) is 5.36. The van der Waals surface area contributed by atoms with Crippen LogP contribution in [0.5, 0.6) is 0 Å². The molecular weight excluding hydrogens is 440 g/mol. The zero-order valence-electron chi connectivity index (χ0n) is 20.1. The number of Topliss-reactive ketones (excluding diaryl/α,β-unsaturated/α-hetero) is 1. The maximum atomic E-state index is 14.0. The molecule has 0 bridgehead atoms. The Morgan fingerprint density at radius 2 is 1.33 bits per heavy atom. The summed E-state index contributed by atoms with van der Waals surface area (Å²) in [7, 11) is 0. The lowest BCUT2D eigenvalue weighted by molar-refractivity contribution is 0.0871. The van der Waals surface area contributed by atoms with Crippen LogP contribution in [0.3, 0.4) is 0 Å². The SMILES string of the molecule is N#CCC1=C(c2ccccc2)N(Cc2ccccc2)C[C@H](C(=O)c2ccccc2)[C@H]1c1ccccc1. The molecule has 1 heterocycles. The zero-order chi connectivity index (χ0) is 24.7. The second-order valence-corrected chi connectivity index (χ2v) is 9.17. The summed E-state index contributed by atoms with van der Waals surface area (Å²) in [6.07, 6.45) is 0.258. The number of carbonyl (C=O) groups is 1. The van der Waals surface area contributed by atoms with Gasteiger partial charge in [-0.2, -0.15) is 5.26 Å². The maximum absolute atomic E-state index is 14.0. The van der Waals surface area contributed by atoms with Crippen LogP contribution < -0.4 is 0 Å². The van der Waals surface area contributed by atoms with Gasteiger partial charge in [0.1, 0.15) is 0 Å². The van der Waals surface area contributed by atoms with Crippen molar-refractivity contribution in [3.8, 4) is 6.07 Å². The number of carbonyl (C=O) groups excluding carboxylic acids is 1. The molecule has 0 saturated heterocycles. The van der Waals surface area contributed by atoms with Crippen LogP contribution >= 0.6 is 0 Å². The summed E-state index contributed by atoms with van der Waals surface area (Å²) >= 11 is 0. The van der Waals surface area contributed by atoms with Crippen LogP contribution in [0.2, 0.25) is 0 Å². The van der Waals surface area contributed by atoms with E-state index in [1.165, 1.54) is 5.56 Å². The highest BCUT2D eigenvalue weighted by Crippen LogP contribution is 2.46. The van der Waals surface area contributed by atoms with E-state index in [9.17, 15) is 10.1 Å². The molecule has 0 amide bonds. The molecule has 0 radical (unpaired) electrons. The van der Waals surface area contributed by atoms with E-state index < -0.39 is 0 Å². The van der Waals surface area contributed by atoms with Crippen LogP contribution in [0, 0.1) is 17.2 Å². The van der Waals surface area contributed by atoms with Gasteiger partial charge in [-0.3, -0.25) is 4.79 Å². The first-order valence-corrected chi connectivity index (χ1v) is 12.3. The lowest BCUT2D eigenvalue weighted by Crippen LogP contribution is -2.41. The minimum absolute atomic E-state index is 0.116. The van der Waals surface area contributed by atoms with Gasteiger partial charge in [-0.05, 0) is 22.3 Å². The van der Waals surface area contributed by atoms with Crippen LogP contribution in [0.4, 0.5) is 0 Å². The van der Waals surface area contributed by atoms with Crippen LogP contribution in [-0.4, -0.2) is 17.2 Å². The summed E-state index contributed by atoms with van der Waals surface area (Å²) in [4.78, 5) is 16.4. The second-order valence-electron chi connectivity index (χ2n) is 9.17. The predicted octanol–water partition coefficient (Wildman–Crippen LogP) is 7.11. The Morgan fingerprint density at radius 3 is 1.94 bits per heavy atom. The van der Waals surface area contributed by atoms with E-state index in [0.29, 0.717) is 18.7 Å². The standard InChI is InChI=1S/C33H28N2O/c34-22-21-29-31(26-15-7-2-8-16-26)30(33(36)28-19-11-4-12-20-28)24-35(23-25-13-5-1-6-14-25)32(29)27-17-9-3-10-18-27/h1-20,30-31H,21,23-24H2/t30-,31-/m0/s1. The molecule has 0 saturated carbocycles. The van der Waals surface area contributed by atoms with Crippen molar-refractivity contribution in [2.75, 3.05) is 6.54 Å². The Labute approximate surface area is 213 Å². The largest absolute Gasteiger partial charge is 0.366 e. The number of hydrogen-bond acceptors (Lipinski definition) is 3. The number of rotatable bonds is 7. The normalized spacial score (nSPS) is 17.5. The lowest BCUT2D eigenvalue weighted by atomic mass is 9.72. The van der Waals surface area contributed by atoms with E-state index in [4.69, 9.17) is 0 Å². The molecule has 0 N–H and O–H groups in total. The molecule has 1 aliphatic rings. The number of nitrogens with zero attached hydrogens (tertiary/aromatic N) is 2. The maximum Gasteiger partial charge on any atom is 0.168 e. The van der Waals surface area contributed by atoms with Gasteiger partial charge in [0.25, 0.3) is 0 Å². The summed E-state index contributed by atoms with van der Waals surface area (Å²) in [5.74, 6) is -0.375. The van der Waals surface area contributed by atoms with Crippen molar-refractivity contribution in [1.29, 1.82) is 5.26 Å². The van der Waals surface area contributed by atoms with Crippen LogP contribution in [0.1, 0.15) is 39.4 Å². The Morgan fingerprint density at radius 1 is 0.778 bits per heavy atom. The first kappa shape index (κ1) is 23.3. The van der Waals surface area contributed by atoms with Gasteiger partial charge in [-0.25, -0.2) is 0 Å². The van der Waals surface area contributed by atoms with Crippen molar-refractivity contribution in [3.63, 3.8) is 0 Å². The Kier molecular flexibility index (Phi) is 7.05. The zero-order valence-corrected chi connectivity index (χ0v) is 20.1. The molecule has 0 aliphatic carbocycles. The highest BCUT2D eigenvalue weighted by atomic mass is 16.1. The first-order valence-electron chi connectivity index (χ1n) is 12.3. The lowest BCUT2D eigenvalue weighted by Gasteiger charge is -2.43. The quantitative estimate of drug-likeness (QED) is 0.272. The molecule has 1 aliphatic heterocycles. The van der Waals surface area contributed by atoms with Gasteiger partial charge in [-0.1, -0.05) is 121 Å². The van der Waals surface area contributed by atoms with Gasteiger partial charge in [0.15, 0.2) is 5.78 Å². The highest BCUT2D eigenvalue weighted by molar-refractivity contribution is 5.99.